The van der Waals surface area contributed by atoms with Crippen molar-refractivity contribution < 1.29 is 14.5 Å². The molecule has 2 atom stereocenters. The van der Waals surface area contributed by atoms with E-state index in [4.69, 9.17) is 10.8 Å². The zero-order valence-corrected chi connectivity index (χ0v) is 7.00. The number of nitrogens with two attached hydrogens (primary N) is 1. The molecule has 0 aromatic carbocycles. The van der Waals surface area contributed by atoms with Crippen molar-refractivity contribution in [3.63, 3.8) is 0 Å². The molecule has 64 valence electrons. The lowest BCUT2D eigenvalue weighted by Crippen LogP contribution is -2.36. The number of hydrogen-bond acceptors (Lipinski definition) is 3. The van der Waals surface area contributed by atoms with E-state index in [0.29, 0.717) is 0 Å². The van der Waals surface area contributed by atoms with Crippen molar-refractivity contribution in [2.24, 2.45) is 5.73 Å². The fourth-order valence-electron chi connectivity index (χ4n) is 0.456. The maximum Gasteiger partial charge on any atom is 0.325 e. The van der Waals surface area contributed by atoms with E-state index in [2.05, 4.69) is 0 Å². The molecule has 0 amide bonds. The highest BCUT2D eigenvalue weighted by atomic mass is 32.2. The maximum atomic E-state index is 10.8. The molecule has 11 heavy (non-hydrogen) atoms. The van der Waals surface area contributed by atoms with Gasteiger partial charge in [0, 0.05) is 0 Å². The number of hydrogen-bond donors (Lipinski definition) is 2. The topological polar surface area (TPSA) is 86.4 Å². The summed E-state index contributed by atoms with van der Waals surface area (Å²) in [6.07, 6.45) is 1.60. The van der Waals surface area contributed by atoms with Crippen LogP contribution in [0.15, 0.2) is 11.5 Å². The second-order valence-corrected chi connectivity index (χ2v) is 3.33. The molecule has 3 N–H and O–H groups in total. The first-order chi connectivity index (χ1) is 5.07. The van der Waals surface area contributed by atoms with Gasteiger partial charge < -0.3 is 15.4 Å². The molecule has 0 bridgehead atoms. The molecule has 0 spiro atoms. The summed E-state index contributed by atoms with van der Waals surface area (Å²) < 4.78 is 10.8. The smallest absolute Gasteiger partial charge is 0.325 e. The normalized spacial score (nSPS) is 16.6. The molecule has 0 aromatic heterocycles. The third kappa shape index (κ3) is 4.83. The Morgan fingerprint density at radius 2 is 2.45 bits per heavy atom. The Morgan fingerprint density at radius 1 is 1.91 bits per heavy atom. The van der Waals surface area contributed by atoms with Crippen molar-refractivity contribution in [1.82, 2.24) is 0 Å². The predicted octanol–water partition coefficient (Wildman–Crippen LogP) is -0.319. The van der Waals surface area contributed by atoms with Gasteiger partial charge in [-0.25, -0.2) is 0 Å². The number of rotatable bonds is 4. The quantitative estimate of drug-likeness (QED) is 0.576. The minimum absolute atomic E-state index is 0.0281. The Bertz CT molecular complexity index is 160. The third-order valence-corrected chi connectivity index (χ3v) is 2.21. The summed E-state index contributed by atoms with van der Waals surface area (Å²) in [7, 11) is 0. The van der Waals surface area contributed by atoms with Crippen LogP contribution >= 0.6 is 0 Å². The Labute approximate surface area is 68.3 Å². The van der Waals surface area contributed by atoms with Gasteiger partial charge in [0.25, 0.3) is 0 Å². The van der Waals surface area contributed by atoms with Gasteiger partial charge in [-0.15, -0.1) is 0 Å². The van der Waals surface area contributed by atoms with Gasteiger partial charge in [0.1, 0.15) is 17.2 Å². The molecule has 0 fully saturated rings. The van der Waals surface area contributed by atoms with Crippen LogP contribution < -0.4 is 5.73 Å². The van der Waals surface area contributed by atoms with Crippen LogP contribution in [0.5, 0.6) is 0 Å². The SMILES string of the molecule is C/C=C/[S+]([O-])CC(N)C(=O)O. The molecule has 2 unspecified atom stereocenters. The minimum Gasteiger partial charge on any atom is -0.612 e. The van der Waals surface area contributed by atoms with Crippen LogP contribution in [0.3, 0.4) is 0 Å². The first-order valence-electron chi connectivity index (χ1n) is 3.06. The molecule has 0 aromatic rings. The number of carboxylic acids is 1. The highest BCUT2D eigenvalue weighted by molar-refractivity contribution is 7.94. The van der Waals surface area contributed by atoms with Crippen molar-refractivity contribution in [3.8, 4) is 0 Å². The average Bonchev–Trinajstić information content (AvgIpc) is 1.87. The van der Waals surface area contributed by atoms with Gasteiger partial charge in [0.2, 0.25) is 0 Å². The van der Waals surface area contributed by atoms with Gasteiger partial charge in [0.05, 0.1) is 0 Å². The fraction of sp³-hybridized carbons (Fsp3) is 0.500. The van der Waals surface area contributed by atoms with E-state index in [1.165, 1.54) is 5.41 Å². The fourth-order valence-corrected chi connectivity index (χ4v) is 1.37. The van der Waals surface area contributed by atoms with Gasteiger partial charge in [-0.1, -0.05) is 0 Å². The van der Waals surface area contributed by atoms with Crippen molar-refractivity contribution in [2.75, 3.05) is 5.75 Å². The Hall–Kier alpha value is -0.520. The van der Waals surface area contributed by atoms with Crippen LogP contribution in [-0.4, -0.2) is 27.4 Å². The third-order valence-electron chi connectivity index (χ3n) is 0.949. The lowest BCUT2D eigenvalue weighted by atomic mass is 10.4. The molecular weight excluding hydrogens is 166 g/mol. The molecule has 0 saturated carbocycles. The predicted molar refractivity (Wildman–Crippen MR) is 43.4 cm³/mol. The van der Waals surface area contributed by atoms with Gasteiger partial charge in [-0.2, -0.15) is 0 Å². The van der Waals surface area contributed by atoms with E-state index in [9.17, 15) is 9.35 Å². The van der Waals surface area contributed by atoms with E-state index in [1.807, 2.05) is 0 Å². The molecule has 0 radical (unpaired) electrons. The van der Waals surface area contributed by atoms with Crippen LogP contribution in [0.2, 0.25) is 0 Å². The number of carbonyl (C=O) groups is 1. The van der Waals surface area contributed by atoms with Crippen LogP contribution in [0.25, 0.3) is 0 Å². The van der Waals surface area contributed by atoms with Gasteiger partial charge >= 0.3 is 5.97 Å². The van der Waals surface area contributed by atoms with E-state index in [-0.39, 0.29) is 5.75 Å². The zero-order valence-electron chi connectivity index (χ0n) is 6.19. The van der Waals surface area contributed by atoms with Crippen LogP contribution in [-0.2, 0) is 16.0 Å². The van der Waals surface area contributed by atoms with Crippen LogP contribution in [0.4, 0.5) is 0 Å². The lowest BCUT2D eigenvalue weighted by Gasteiger charge is -2.07. The van der Waals surface area contributed by atoms with E-state index in [1.54, 1.807) is 13.0 Å². The Balaban J connectivity index is 3.74. The summed E-state index contributed by atoms with van der Waals surface area (Å²) in [6.45, 7) is 1.71. The largest absolute Gasteiger partial charge is 0.612 e. The highest BCUT2D eigenvalue weighted by Crippen LogP contribution is 1.95. The van der Waals surface area contributed by atoms with E-state index >= 15 is 0 Å². The Morgan fingerprint density at radius 3 is 2.82 bits per heavy atom. The monoisotopic (exact) mass is 177 g/mol. The summed E-state index contributed by atoms with van der Waals surface area (Å²) in [5.41, 5.74) is 5.12. The summed E-state index contributed by atoms with van der Waals surface area (Å²) in [6, 6.07) is -1.04. The second-order valence-electron chi connectivity index (χ2n) is 1.96. The molecular formula is C6H11NO3S. The molecule has 0 aliphatic heterocycles. The molecule has 0 aliphatic rings. The van der Waals surface area contributed by atoms with Crippen molar-refractivity contribution in [3.05, 3.63) is 11.5 Å². The number of allylic oxidation sites excluding steroid dienone is 1. The first kappa shape index (κ1) is 10.5. The molecule has 0 aliphatic carbocycles. The first-order valence-corrected chi connectivity index (χ1v) is 4.44. The van der Waals surface area contributed by atoms with Crippen molar-refractivity contribution in [1.29, 1.82) is 0 Å². The molecule has 0 heterocycles. The highest BCUT2D eigenvalue weighted by Gasteiger charge is 2.17. The molecule has 0 rings (SSSR count). The van der Waals surface area contributed by atoms with Crippen molar-refractivity contribution >= 4 is 17.1 Å². The second kappa shape index (κ2) is 5.17. The van der Waals surface area contributed by atoms with Crippen LogP contribution in [0.1, 0.15) is 6.92 Å². The number of aliphatic carboxylic acids is 1. The van der Waals surface area contributed by atoms with Gasteiger partial charge in [-0.3, -0.25) is 4.79 Å². The van der Waals surface area contributed by atoms with Gasteiger partial charge in [-0.05, 0) is 24.2 Å². The van der Waals surface area contributed by atoms with E-state index in [0.717, 1.165) is 0 Å². The molecule has 4 nitrogen and oxygen atoms in total. The number of carboxylic acid groups (broad SMARTS) is 1. The lowest BCUT2D eigenvalue weighted by molar-refractivity contribution is -0.137. The zero-order chi connectivity index (χ0) is 8.85. The minimum atomic E-state index is -1.26. The van der Waals surface area contributed by atoms with Gasteiger partial charge in [0.15, 0.2) is 0 Å². The van der Waals surface area contributed by atoms with E-state index < -0.39 is 23.2 Å². The average molecular weight is 177 g/mol. The standard InChI is InChI=1S/C6H11NO3S/c1-2-3-11(10)4-5(7)6(8)9/h2-3,5H,4,7H2,1H3,(H,8,9)/b3-2+. The van der Waals surface area contributed by atoms with Crippen LogP contribution in [0, 0.1) is 0 Å². The summed E-state index contributed by atoms with van der Waals surface area (Å²) in [5.74, 6) is -1.15. The molecule has 5 heteroatoms. The summed E-state index contributed by atoms with van der Waals surface area (Å²) in [4.78, 5) is 10.2. The summed E-state index contributed by atoms with van der Waals surface area (Å²) in [5, 5.41) is 9.74. The van der Waals surface area contributed by atoms with Crippen molar-refractivity contribution in [2.45, 2.75) is 13.0 Å². The Kier molecular flexibility index (Phi) is 4.93. The maximum absolute atomic E-state index is 10.8. The molecule has 0 saturated heterocycles. The summed E-state index contributed by atoms with van der Waals surface area (Å²) >= 11 is -1.26.